The maximum atomic E-state index is 12.1. The number of carbonyl (C=O) groups excluding carboxylic acids is 1. The van der Waals surface area contributed by atoms with Gasteiger partial charge in [-0.25, -0.2) is 4.98 Å². The van der Waals surface area contributed by atoms with E-state index < -0.39 is 0 Å². The van der Waals surface area contributed by atoms with Gasteiger partial charge >= 0.3 is 0 Å². The lowest BCUT2D eigenvalue weighted by atomic mass is 9.82. The molecule has 2 heterocycles. The molecule has 1 saturated heterocycles. The van der Waals surface area contributed by atoms with Crippen LogP contribution in [0.25, 0.3) is 0 Å². The van der Waals surface area contributed by atoms with E-state index in [1.807, 2.05) is 14.0 Å². The smallest absolute Gasteiger partial charge is 0.263 e. The van der Waals surface area contributed by atoms with Gasteiger partial charge < -0.3 is 15.5 Å². The average molecular weight is 477 g/mol. The summed E-state index contributed by atoms with van der Waals surface area (Å²) >= 11 is 1.38. The largest absolute Gasteiger partial charge is 0.354 e. The van der Waals surface area contributed by atoms with Crippen molar-refractivity contribution in [3.63, 3.8) is 0 Å². The van der Waals surface area contributed by atoms with Crippen molar-refractivity contribution in [1.29, 1.82) is 0 Å². The van der Waals surface area contributed by atoms with Crippen LogP contribution in [0, 0.1) is 18.8 Å². The Hall–Kier alpha value is -0.900. The molecule has 0 radical (unpaired) electrons. The number of aliphatic imine (C=N–C) groups is 1. The lowest BCUT2D eigenvalue weighted by Gasteiger charge is -2.22. The Kier molecular flexibility index (Phi) is 7.92. The van der Waals surface area contributed by atoms with Gasteiger partial charge in [0.2, 0.25) is 0 Å². The number of thiazole rings is 1. The number of nitrogens with one attached hydrogen (secondary N) is 2. The zero-order chi connectivity index (χ0) is 16.9. The number of nitrogens with zero attached hydrogens (tertiary/aromatic N) is 3. The molecular weight excluding hydrogens is 449 g/mol. The van der Waals surface area contributed by atoms with Crippen LogP contribution in [0.1, 0.15) is 41.0 Å². The second-order valence-corrected chi connectivity index (χ2v) is 7.56. The average Bonchev–Trinajstić information content (AvgIpc) is 3.20. The van der Waals surface area contributed by atoms with Crippen molar-refractivity contribution in [2.75, 3.05) is 33.2 Å². The van der Waals surface area contributed by atoms with Crippen LogP contribution in [0.4, 0.5) is 0 Å². The highest BCUT2D eigenvalue weighted by molar-refractivity contribution is 14.0. The van der Waals surface area contributed by atoms with E-state index in [1.165, 1.54) is 37.0 Å². The molecule has 1 aliphatic heterocycles. The Morgan fingerprint density at radius 2 is 1.92 bits per heavy atom. The van der Waals surface area contributed by atoms with E-state index in [0.717, 1.165) is 36.6 Å². The molecule has 3 rings (SSSR count). The fourth-order valence-corrected chi connectivity index (χ4v) is 4.58. The van der Waals surface area contributed by atoms with Crippen LogP contribution < -0.4 is 10.6 Å². The van der Waals surface area contributed by atoms with Gasteiger partial charge in [0.1, 0.15) is 4.88 Å². The summed E-state index contributed by atoms with van der Waals surface area (Å²) in [5, 5.41) is 6.33. The molecule has 1 amide bonds. The number of hydrogen-bond donors (Lipinski definition) is 2. The minimum Gasteiger partial charge on any atom is -0.354 e. The van der Waals surface area contributed by atoms with E-state index in [1.54, 1.807) is 5.51 Å². The minimum atomic E-state index is -0.0426. The number of carbonyl (C=O) groups is 1. The normalized spacial score (nSPS) is 23.0. The van der Waals surface area contributed by atoms with E-state index >= 15 is 0 Å². The highest BCUT2D eigenvalue weighted by Crippen LogP contribution is 2.35. The molecule has 0 spiro atoms. The molecule has 1 aromatic heterocycles. The first-order valence-electron chi connectivity index (χ1n) is 8.83. The van der Waals surface area contributed by atoms with E-state index in [4.69, 9.17) is 0 Å². The third kappa shape index (κ3) is 5.06. The number of aryl methyl sites for hydroxylation is 1. The van der Waals surface area contributed by atoms with Crippen molar-refractivity contribution >= 4 is 47.2 Å². The zero-order valence-electron chi connectivity index (χ0n) is 15.0. The standard InChI is InChI=1S/C17H27N5OS.HI/c1-12-15(24-11-21-12)16(23)19-7-8-20-17(18-2)22-9-13-5-3-4-6-14(13)10-22;/h11,13-14H,3-10H2,1-2H3,(H,18,20)(H,19,23);1H. The fourth-order valence-electron chi connectivity index (χ4n) is 3.86. The first kappa shape index (κ1) is 20.4. The summed E-state index contributed by atoms with van der Waals surface area (Å²) in [5.74, 6) is 2.60. The van der Waals surface area contributed by atoms with Crippen LogP contribution in [0.3, 0.4) is 0 Å². The van der Waals surface area contributed by atoms with Gasteiger partial charge in [-0.2, -0.15) is 0 Å². The molecule has 2 atom stereocenters. The Labute approximate surface area is 170 Å². The second kappa shape index (κ2) is 9.70. The summed E-state index contributed by atoms with van der Waals surface area (Å²) in [5.41, 5.74) is 2.50. The Morgan fingerprint density at radius 1 is 1.28 bits per heavy atom. The molecule has 1 saturated carbocycles. The van der Waals surface area contributed by atoms with Crippen LogP contribution in [-0.4, -0.2) is 55.0 Å². The summed E-state index contributed by atoms with van der Waals surface area (Å²) in [4.78, 5) is 23.7. The van der Waals surface area contributed by atoms with Crippen molar-refractivity contribution < 1.29 is 4.79 Å². The van der Waals surface area contributed by atoms with Crippen LogP contribution in [0.15, 0.2) is 10.5 Å². The van der Waals surface area contributed by atoms with Crippen molar-refractivity contribution in [2.24, 2.45) is 16.8 Å². The third-order valence-corrected chi connectivity index (χ3v) is 6.06. The molecule has 2 unspecified atom stereocenters. The predicted octanol–water partition coefficient (Wildman–Crippen LogP) is 2.50. The molecule has 140 valence electrons. The quantitative estimate of drug-likeness (QED) is 0.303. The SMILES string of the molecule is CN=C(NCCNC(=O)c1scnc1C)N1CC2CCCCC2C1.I. The number of amides is 1. The fraction of sp³-hybridized carbons (Fsp3) is 0.706. The first-order valence-corrected chi connectivity index (χ1v) is 9.71. The van der Waals surface area contributed by atoms with Crippen LogP contribution in [0.2, 0.25) is 0 Å². The summed E-state index contributed by atoms with van der Waals surface area (Å²) in [7, 11) is 1.84. The van der Waals surface area contributed by atoms with E-state index in [0.29, 0.717) is 18.0 Å². The summed E-state index contributed by atoms with van der Waals surface area (Å²) < 4.78 is 0. The van der Waals surface area contributed by atoms with Crippen molar-refractivity contribution in [2.45, 2.75) is 32.6 Å². The molecular formula is C17H28IN5OS. The van der Waals surface area contributed by atoms with Crippen molar-refractivity contribution in [1.82, 2.24) is 20.5 Å². The van der Waals surface area contributed by atoms with Crippen LogP contribution in [-0.2, 0) is 0 Å². The van der Waals surface area contributed by atoms with Crippen molar-refractivity contribution in [3.8, 4) is 0 Å². The van der Waals surface area contributed by atoms with Gasteiger partial charge in [0, 0.05) is 33.2 Å². The molecule has 0 bridgehead atoms. The third-order valence-electron chi connectivity index (χ3n) is 5.13. The zero-order valence-corrected chi connectivity index (χ0v) is 18.1. The Morgan fingerprint density at radius 3 is 2.48 bits per heavy atom. The number of aromatic nitrogens is 1. The Balaban J connectivity index is 0.00000225. The number of likely N-dealkylation sites (tertiary alicyclic amines) is 1. The maximum Gasteiger partial charge on any atom is 0.263 e. The van der Waals surface area contributed by atoms with Crippen LogP contribution in [0.5, 0.6) is 0 Å². The highest BCUT2D eigenvalue weighted by atomic mass is 127. The second-order valence-electron chi connectivity index (χ2n) is 6.71. The monoisotopic (exact) mass is 477 g/mol. The molecule has 25 heavy (non-hydrogen) atoms. The Bertz CT molecular complexity index is 592. The summed E-state index contributed by atoms with van der Waals surface area (Å²) in [6, 6.07) is 0. The molecule has 1 aromatic rings. The van der Waals surface area contributed by atoms with Gasteiger partial charge in [-0.1, -0.05) is 12.8 Å². The lowest BCUT2D eigenvalue weighted by molar-refractivity contribution is 0.0957. The summed E-state index contributed by atoms with van der Waals surface area (Å²) in [6.45, 7) is 5.36. The minimum absolute atomic E-state index is 0. The van der Waals surface area contributed by atoms with Gasteiger partial charge in [0.05, 0.1) is 11.2 Å². The molecule has 2 N–H and O–H groups in total. The highest BCUT2D eigenvalue weighted by Gasteiger charge is 2.35. The van der Waals surface area contributed by atoms with Gasteiger partial charge in [-0.05, 0) is 31.6 Å². The van der Waals surface area contributed by atoms with E-state index in [-0.39, 0.29) is 29.9 Å². The lowest BCUT2D eigenvalue weighted by Crippen LogP contribution is -2.43. The van der Waals surface area contributed by atoms with E-state index in [9.17, 15) is 4.79 Å². The molecule has 8 heteroatoms. The van der Waals surface area contributed by atoms with Gasteiger partial charge in [-0.15, -0.1) is 35.3 Å². The maximum absolute atomic E-state index is 12.1. The number of halogens is 1. The number of hydrogen-bond acceptors (Lipinski definition) is 4. The van der Waals surface area contributed by atoms with Gasteiger partial charge in [-0.3, -0.25) is 9.79 Å². The topological polar surface area (TPSA) is 69.6 Å². The predicted molar refractivity (Wildman–Crippen MR) is 113 cm³/mol. The molecule has 1 aliphatic carbocycles. The van der Waals surface area contributed by atoms with Crippen molar-refractivity contribution in [3.05, 3.63) is 16.1 Å². The van der Waals surface area contributed by atoms with Gasteiger partial charge in [0.25, 0.3) is 5.91 Å². The van der Waals surface area contributed by atoms with Crippen LogP contribution >= 0.6 is 35.3 Å². The molecule has 2 aliphatic rings. The number of rotatable bonds is 4. The number of guanidine groups is 1. The number of fused-ring (bicyclic) bond motifs is 1. The summed E-state index contributed by atoms with van der Waals surface area (Å²) in [6.07, 6.45) is 5.49. The molecule has 2 fully saturated rings. The molecule has 6 nitrogen and oxygen atoms in total. The van der Waals surface area contributed by atoms with E-state index in [2.05, 4.69) is 25.5 Å². The first-order chi connectivity index (χ1) is 11.7. The van der Waals surface area contributed by atoms with Gasteiger partial charge in [0.15, 0.2) is 5.96 Å². The molecule has 0 aromatic carbocycles.